The van der Waals surface area contributed by atoms with Gasteiger partial charge in [0.25, 0.3) is 9.05 Å². The molecule has 1 aliphatic rings. The van der Waals surface area contributed by atoms with Crippen molar-refractivity contribution in [3.05, 3.63) is 29.6 Å². The van der Waals surface area contributed by atoms with Crippen LogP contribution in [0, 0.1) is 11.7 Å². The zero-order valence-corrected chi connectivity index (χ0v) is 12.3. The summed E-state index contributed by atoms with van der Waals surface area (Å²) >= 11 is 0. The number of halogens is 2. The minimum absolute atomic E-state index is 0.00854. The fraction of sp³-hybridized carbons (Fsp3) is 0.538. The van der Waals surface area contributed by atoms with Gasteiger partial charge in [-0.2, -0.15) is 0 Å². The maximum atomic E-state index is 13.5. The van der Waals surface area contributed by atoms with Crippen molar-refractivity contribution in [2.45, 2.75) is 30.6 Å². The van der Waals surface area contributed by atoms with E-state index in [0.717, 1.165) is 32.0 Å². The summed E-state index contributed by atoms with van der Waals surface area (Å²) in [5, 5.41) is 3.25. The molecule has 1 N–H and O–H groups in total. The van der Waals surface area contributed by atoms with Gasteiger partial charge in [0.15, 0.2) is 0 Å². The summed E-state index contributed by atoms with van der Waals surface area (Å²) in [5.41, 5.74) is 0.506. The number of nitrogens with one attached hydrogen (secondary N) is 1. The molecule has 0 bridgehead atoms. The molecule has 106 valence electrons. The van der Waals surface area contributed by atoms with E-state index in [-0.39, 0.29) is 10.8 Å². The van der Waals surface area contributed by atoms with Crippen LogP contribution >= 0.6 is 10.7 Å². The molecule has 0 aliphatic carbocycles. The van der Waals surface area contributed by atoms with Crippen LogP contribution in [-0.2, 0) is 9.05 Å². The predicted octanol–water partition coefficient (Wildman–Crippen LogP) is 2.86. The maximum Gasteiger partial charge on any atom is 0.261 e. The Bertz CT molecular complexity index is 556. The molecule has 2 atom stereocenters. The van der Waals surface area contributed by atoms with E-state index < -0.39 is 14.9 Å². The number of hydrogen-bond donors (Lipinski definition) is 1. The smallest absolute Gasteiger partial charge is 0.261 e. The first-order chi connectivity index (χ1) is 8.93. The Morgan fingerprint density at radius 3 is 2.79 bits per heavy atom. The molecule has 1 heterocycles. The lowest BCUT2D eigenvalue weighted by Gasteiger charge is -2.23. The normalized spacial score (nSPS) is 21.5. The Balaban J connectivity index is 2.49. The van der Waals surface area contributed by atoms with Crippen LogP contribution < -0.4 is 5.32 Å². The summed E-state index contributed by atoms with van der Waals surface area (Å²) in [6.07, 6.45) is 1.73. The molecule has 0 amide bonds. The highest BCUT2D eigenvalue weighted by molar-refractivity contribution is 8.13. The molecule has 0 aromatic heterocycles. The highest BCUT2D eigenvalue weighted by Gasteiger charge is 2.29. The molecule has 6 heteroatoms. The lowest BCUT2D eigenvalue weighted by Crippen LogP contribution is -2.18. The van der Waals surface area contributed by atoms with E-state index in [9.17, 15) is 12.8 Å². The van der Waals surface area contributed by atoms with Gasteiger partial charge in [0.2, 0.25) is 0 Å². The van der Waals surface area contributed by atoms with Gasteiger partial charge in [-0.15, -0.1) is 0 Å². The Hall–Kier alpha value is -0.650. The van der Waals surface area contributed by atoms with Crippen molar-refractivity contribution in [2.75, 3.05) is 13.1 Å². The van der Waals surface area contributed by atoms with Gasteiger partial charge < -0.3 is 5.32 Å². The highest BCUT2D eigenvalue weighted by Crippen LogP contribution is 2.36. The van der Waals surface area contributed by atoms with Gasteiger partial charge in [0, 0.05) is 10.7 Å². The second-order valence-corrected chi connectivity index (χ2v) is 7.42. The van der Waals surface area contributed by atoms with E-state index in [4.69, 9.17) is 10.7 Å². The minimum atomic E-state index is -3.85. The largest absolute Gasteiger partial charge is 0.316 e. The molecule has 19 heavy (non-hydrogen) atoms. The molecule has 2 unspecified atom stereocenters. The Kier molecular flexibility index (Phi) is 4.48. The summed E-state index contributed by atoms with van der Waals surface area (Å²) < 4.78 is 36.7. The summed E-state index contributed by atoms with van der Waals surface area (Å²) in [4.78, 5) is 0.0364. The van der Waals surface area contributed by atoms with Crippen molar-refractivity contribution >= 4 is 19.7 Å². The van der Waals surface area contributed by atoms with Crippen LogP contribution in [0.2, 0.25) is 0 Å². The van der Waals surface area contributed by atoms with E-state index in [1.54, 1.807) is 0 Å². The number of rotatable bonds is 4. The SMILES string of the molecule is CCC(c1cc(F)ccc1S(=O)(=O)Cl)C1CCNC1. The lowest BCUT2D eigenvalue weighted by atomic mass is 9.83. The molecule has 1 aromatic rings. The fourth-order valence-electron chi connectivity index (χ4n) is 2.86. The predicted molar refractivity (Wildman–Crippen MR) is 73.4 cm³/mol. The fourth-order valence-corrected chi connectivity index (χ4v) is 4.00. The molecule has 1 fully saturated rings. The molecule has 0 radical (unpaired) electrons. The second kappa shape index (κ2) is 5.77. The Morgan fingerprint density at radius 2 is 2.26 bits per heavy atom. The van der Waals surface area contributed by atoms with Gasteiger partial charge in [-0.1, -0.05) is 6.92 Å². The highest BCUT2D eigenvalue weighted by atomic mass is 35.7. The number of hydrogen-bond acceptors (Lipinski definition) is 3. The van der Waals surface area contributed by atoms with Crippen molar-refractivity contribution in [2.24, 2.45) is 5.92 Å². The molecule has 0 saturated carbocycles. The van der Waals surface area contributed by atoms with Crippen molar-refractivity contribution in [1.29, 1.82) is 0 Å². The lowest BCUT2D eigenvalue weighted by molar-refractivity contribution is 0.438. The van der Waals surface area contributed by atoms with Gasteiger partial charge in [-0.3, -0.25) is 0 Å². The van der Waals surface area contributed by atoms with Gasteiger partial charge in [0.05, 0.1) is 4.90 Å². The standard InChI is InChI=1S/C13H17ClFNO2S/c1-2-11(9-5-6-16-8-9)12-7-10(15)3-4-13(12)19(14,17)18/h3-4,7,9,11,16H,2,5-6,8H2,1H3. The van der Waals surface area contributed by atoms with Crippen LogP contribution in [-0.4, -0.2) is 21.5 Å². The van der Waals surface area contributed by atoms with Crippen molar-refractivity contribution in [3.8, 4) is 0 Å². The third-order valence-corrected chi connectivity index (χ3v) is 5.14. The van der Waals surface area contributed by atoms with Gasteiger partial charge in [0.1, 0.15) is 5.82 Å². The van der Waals surface area contributed by atoms with Gasteiger partial charge in [-0.05, 0) is 61.5 Å². The van der Waals surface area contributed by atoms with E-state index in [1.165, 1.54) is 12.1 Å². The van der Waals surface area contributed by atoms with Crippen LogP contribution in [0.25, 0.3) is 0 Å². The van der Waals surface area contributed by atoms with E-state index >= 15 is 0 Å². The first-order valence-corrected chi connectivity index (χ1v) is 8.69. The molecular weight excluding hydrogens is 289 g/mol. The van der Waals surface area contributed by atoms with Crippen molar-refractivity contribution < 1.29 is 12.8 Å². The Morgan fingerprint density at radius 1 is 1.53 bits per heavy atom. The minimum Gasteiger partial charge on any atom is -0.316 e. The average molecular weight is 306 g/mol. The van der Waals surface area contributed by atoms with Crippen LogP contribution in [0.15, 0.2) is 23.1 Å². The van der Waals surface area contributed by atoms with Crippen molar-refractivity contribution in [1.82, 2.24) is 5.32 Å². The maximum absolute atomic E-state index is 13.5. The summed E-state index contributed by atoms with van der Waals surface area (Å²) in [6.45, 7) is 3.73. The summed E-state index contributed by atoms with van der Waals surface area (Å²) in [5.74, 6) is -0.0957. The molecule has 1 aliphatic heterocycles. The van der Waals surface area contributed by atoms with E-state index in [2.05, 4.69) is 5.32 Å². The summed E-state index contributed by atoms with van der Waals surface area (Å²) in [6, 6.07) is 3.71. The topological polar surface area (TPSA) is 46.2 Å². The Labute approximate surface area is 117 Å². The van der Waals surface area contributed by atoms with Gasteiger partial charge in [-0.25, -0.2) is 12.8 Å². The van der Waals surface area contributed by atoms with E-state index in [0.29, 0.717) is 11.5 Å². The molecular formula is C13H17ClFNO2S. The third kappa shape index (κ3) is 3.27. The number of benzene rings is 1. The zero-order valence-electron chi connectivity index (χ0n) is 10.7. The molecule has 1 saturated heterocycles. The third-order valence-electron chi connectivity index (χ3n) is 3.74. The zero-order chi connectivity index (χ0) is 14.0. The van der Waals surface area contributed by atoms with E-state index in [1.807, 2.05) is 6.92 Å². The van der Waals surface area contributed by atoms with Gasteiger partial charge >= 0.3 is 0 Å². The second-order valence-electron chi connectivity index (χ2n) is 4.89. The first kappa shape index (κ1) is 14.8. The molecule has 1 aromatic carbocycles. The van der Waals surface area contributed by atoms with Crippen LogP contribution in [0.3, 0.4) is 0 Å². The first-order valence-electron chi connectivity index (χ1n) is 6.38. The molecule has 0 spiro atoms. The van der Waals surface area contributed by atoms with Crippen LogP contribution in [0.1, 0.15) is 31.2 Å². The quantitative estimate of drug-likeness (QED) is 0.870. The van der Waals surface area contributed by atoms with Crippen LogP contribution in [0.5, 0.6) is 0 Å². The van der Waals surface area contributed by atoms with Crippen LogP contribution in [0.4, 0.5) is 4.39 Å². The molecule has 3 nitrogen and oxygen atoms in total. The monoisotopic (exact) mass is 305 g/mol. The summed E-state index contributed by atoms with van der Waals surface area (Å²) in [7, 11) is 1.61. The van der Waals surface area contributed by atoms with Crippen molar-refractivity contribution in [3.63, 3.8) is 0 Å². The molecule has 2 rings (SSSR count). The average Bonchev–Trinajstić information content (AvgIpc) is 2.82.